The van der Waals surface area contributed by atoms with Crippen LogP contribution in [0, 0.1) is 0 Å². The molecule has 1 atom stereocenters. The fourth-order valence-corrected chi connectivity index (χ4v) is 3.33. The van der Waals surface area contributed by atoms with Gasteiger partial charge in [0.15, 0.2) is 5.16 Å². The summed E-state index contributed by atoms with van der Waals surface area (Å²) in [5.74, 6) is 0.491. The highest BCUT2D eigenvalue weighted by Crippen LogP contribution is 2.26. The Morgan fingerprint density at radius 3 is 2.76 bits per heavy atom. The van der Waals surface area contributed by atoms with Crippen LogP contribution in [-0.4, -0.2) is 36.6 Å². The van der Waals surface area contributed by atoms with E-state index in [1.165, 1.54) is 11.8 Å². The lowest BCUT2D eigenvalue weighted by atomic mass is 10.1. The maximum absolute atomic E-state index is 10.7. The van der Waals surface area contributed by atoms with Crippen LogP contribution in [0.1, 0.15) is 43.4 Å². The SMILES string of the molecule is CC(C)c1nnc(SCC(=O)O)n1CC(C)c1nccs1. The molecule has 0 aromatic carbocycles. The summed E-state index contributed by atoms with van der Waals surface area (Å²) in [6.07, 6.45) is 1.80. The molecule has 0 fully saturated rings. The summed E-state index contributed by atoms with van der Waals surface area (Å²) in [6.45, 7) is 6.92. The second-order valence-electron chi connectivity index (χ2n) is 5.06. The van der Waals surface area contributed by atoms with E-state index in [9.17, 15) is 4.79 Å². The zero-order chi connectivity index (χ0) is 15.4. The third kappa shape index (κ3) is 4.04. The van der Waals surface area contributed by atoms with Crippen LogP contribution in [0.5, 0.6) is 0 Å². The average molecular weight is 326 g/mol. The van der Waals surface area contributed by atoms with Gasteiger partial charge in [0, 0.05) is 30.0 Å². The Kier molecular flexibility index (Phi) is 5.35. The molecule has 0 aliphatic heterocycles. The highest BCUT2D eigenvalue weighted by Gasteiger charge is 2.19. The van der Waals surface area contributed by atoms with Crippen molar-refractivity contribution in [1.29, 1.82) is 0 Å². The molecule has 2 aromatic heterocycles. The molecule has 0 radical (unpaired) electrons. The molecule has 0 bridgehead atoms. The van der Waals surface area contributed by atoms with Crippen molar-refractivity contribution in [3.05, 3.63) is 22.4 Å². The number of carbonyl (C=O) groups is 1. The minimum absolute atomic E-state index is 0.0120. The van der Waals surface area contributed by atoms with E-state index >= 15 is 0 Å². The van der Waals surface area contributed by atoms with E-state index in [2.05, 4.69) is 36.0 Å². The van der Waals surface area contributed by atoms with Crippen LogP contribution < -0.4 is 0 Å². The quantitative estimate of drug-likeness (QED) is 0.788. The summed E-state index contributed by atoms with van der Waals surface area (Å²) < 4.78 is 2.02. The Hall–Kier alpha value is -1.41. The highest BCUT2D eigenvalue weighted by atomic mass is 32.2. The Morgan fingerprint density at radius 2 is 2.19 bits per heavy atom. The maximum atomic E-state index is 10.7. The highest BCUT2D eigenvalue weighted by molar-refractivity contribution is 7.99. The van der Waals surface area contributed by atoms with Crippen molar-refractivity contribution >= 4 is 29.1 Å². The number of thiazole rings is 1. The number of nitrogens with zero attached hydrogens (tertiary/aromatic N) is 4. The molecular formula is C13H18N4O2S2. The predicted octanol–water partition coefficient (Wildman–Crippen LogP) is 2.84. The van der Waals surface area contributed by atoms with Gasteiger partial charge in [-0.25, -0.2) is 4.98 Å². The van der Waals surface area contributed by atoms with Crippen LogP contribution in [-0.2, 0) is 11.3 Å². The van der Waals surface area contributed by atoms with E-state index in [1.807, 2.05) is 9.95 Å². The fourth-order valence-electron chi connectivity index (χ4n) is 1.96. The molecule has 2 aromatic rings. The van der Waals surface area contributed by atoms with E-state index in [0.717, 1.165) is 10.8 Å². The number of hydrogen-bond acceptors (Lipinski definition) is 6. The number of carboxylic acids is 1. The Balaban J connectivity index is 2.21. The van der Waals surface area contributed by atoms with Crippen LogP contribution in [0.3, 0.4) is 0 Å². The minimum atomic E-state index is -0.853. The van der Waals surface area contributed by atoms with Gasteiger partial charge in [0.2, 0.25) is 0 Å². The molecule has 21 heavy (non-hydrogen) atoms. The molecule has 0 saturated carbocycles. The van der Waals surface area contributed by atoms with E-state index in [-0.39, 0.29) is 17.6 Å². The average Bonchev–Trinajstić information content (AvgIpc) is 3.05. The van der Waals surface area contributed by atoms with Crippen molar-refractivity contribution in [3.63, 3.8) is 0 Å². The van der Waals surface area contributed by atoms with Gasteiger partial charge >= 0.3 is 5.97 Å². The van der Waals surface area contributed by atoms with Crippen molar-refractivity contribution in [3.8, 4) is 0 Å². The third-order valence-electron chi connectivity index (χ3n) is 2.92. The summed E-state index contributed by atoms with van der Waals surface area (Å²) in [7, 11) is 0. The van der Waals surface area contributed by atoms with Crippen molar-refractivity contribution in [2.24, 2.45) is 0 Å². The summed E-state index contributed by atoms with van der Waals surface area (Å²) in [6, 6.07) is 0. The second-order valence-corrected chi connectivity index (χ2v) is 6.93. The second kappa shape index (κ2) is 7.04. The van der Waals surface area contributed by atoms with Crippen molar-refractivity contribution in [2.75, 3.05) is 5.75 Å². The Labute approximate surface area is 131 Å². The molecule has 2 rings (SSSR count). The first-order chi connectivity index (χ1) is 9.99. The van der Waals surface area contributed by atoms with E-state index < -0.39 is 5.97 Å². The molecule has 8 heteroatoms. The Morgan fingerprint density at radius 1 is 1.43 bits per heavy atom. The van der Waals surface area contributed by atoms with Gasteiger partial charge in [0.25, 0.3) is 0 Å². The number of aromatic nitrogens is 4. The molecular weight excluding hydrogens is 308 g/mol. The molecule has 0 spiro atoms. The largest absolute Gasteiger partial charge is 0.481 e. The van der Waals surface area contributed by atoms with Gasteiger partial charge < -0.3 is 9.67 Å². The van der Waals surface area contributed by atoms with Gasteiger partial charge in [0.05, 0.1) is 10.8 Å². The van der Waals surface area contributed by atoms with Gasteiger partial charge in [0.1, 0.15) is 5.82 Å². The first-order valence-corrected chi connectivity index (χ1v) is 8.52. The van der Waals surface area contributed by atoms with E-state index in [0.29, 0.717) is 11.7 Å². The predicted molar refractivity (Wildman–Crippen MR) is 83.0 cm³/mol. The first-order valence-electron chi connectivity index (χ1n) is 6.66. The molecule has 0 saturated heterocycles. The molecule has 0 aliphatic carbocycles. The summed E-state index contributed by atoms with van der Waals surface area (Å²) >= 11 is 2.83. The number of thioether (sulfide) groups is 1. The molecule has 0 amide bonds. The molecule has 6 nitrogen and oxygen atoms in total. The summed E-state index contributed by atoms with van der Waals surface area (Å²) in [5.41, 5.74) is 0. The van der Waals surface area contributed by atoms with Crippen LogP contribution in [0.25, 0.3) is 0 Å². The van der Waals surface area contributed by atoms with Gasteiger partial charge in [-0.15, -0.1) is 21.5 Å². The van der Waals surface area contributed by atoms with E-state index in [4.69, 9.17) is 5.11 Å². The summed E-state index contributed by atoms with van der Waals surface area (Å²) in [5, 5.41) is 20.9. The third-order valence-corrected chi connectivity index (χ3v) is 4.87. The lowest BCUT2D eigenvalue weighted by Crippen LogP contribution is -2.12. The van der Waals surface area contributed by atoms with Gasteiger partial charge in [-0.05, 0) is 0 Å². The number of carboxylic acid groups (broad SMARTS) is 1. The van der Waals surface area contributed by atoms with E-state index in [1.54, 1.807) is 17.5 Å². The molecule has 1 unspecified atom stereocenters. The molecule has 2 heterocycles. The normalized spacial score (nSPS) is 12.8. The Bertz CT molecular complexity index is 595. The smallest absolute Gasteiger partial charge is 0.313 e. The fraction of sp³-hybridized carbons (Fsp3) is 0.538. The zero-order valence-corrected chi connectivity index (χ0v) is 13.8. The van der Waals surface area contributed by atoms with Crippen molar-refractivity contribution in [1.82, 2.24) is 19.7 Å². The number of aliphatic carboxylic acids is 1. The van der Waals surface area contributed by atoms with Crippen molar-refractivity contribution in [2.45, 2.75) is 44.3 Å². The van der Waals surface area contributed by atoms with Crippen molar-refractivity contribution < 1.29 is 9.90 Å². The maximum Gasteiger partial charge on any atom is 0.313 e. The lowest BCUT2D eigenvalue weighted by Gasteiger charge is -2.15. The minimum Gasteiger partial charge on any atom is -0.481 e. The van der Waals surface area contributed by atoms with Crippen LogP contribution >= 0.6 is 23.1 Å². The van der Waals surface area contributed by atoms with Gasteiger partial charge in [-0.3, -0.25) is 4.79 Å². The topological polar surface area (TPSA) is 80.9 Å². The monoisotopic (exact) mass is 326 g/mol. The molecule has 114 valence electrons. The van der Waals surface area contributed by atoms with Gasteiger partial charge in [-0.2, -0.15) is 0 Å². The lowest BCUT2D eigenvalue weighted by molar-refractivity contribution is -0.133. The van der Waals surface area contributed by atoms with Crippen LogP contribution in [0.4, 0.5) is 0 Å². The summed E-state index contributed by atoms with van der Waals surface area (Å²) in [4.78, 5) is 15.1. The van der Waals surface area contributed by atoms with Crippen LogP contribution in [0.2, 0.25) is 0 Å². The number of hydrogen-bond donors (Lipinski definition) is 1. The zero-order valence-electron chi connectivity index (χ0n) is 12.2. The van der Waals surface area contributed by atoms with Gasteiger partial charge in [-0.1, -0.05) is 32.5 Å². The molecule has 0 aliphatic rings. The first kappa shape index (κ1) is 16.0. The number of rotatable bonds is 7. The molecule has 1 N–H and O–H groups in total. The standard InChI is InChI=1S/C13H18N4O2S2/c1-8(2)11-15-16-13(21-7-10(18)19)17(11)6-9(3)12-14-4-5-20-12/h4-5,8-9H,6-7H2,1-3H3,(H,18,19). The van der Waals surface area contributed by atoms with Crippen LogP contribution in [0.15, 0.2) is 16.7 Å².